The Balaban J connectivity index is 3.10. The highest BCUT2D eigenvalue weighted by Crippen LogP contribution is 2.27. The van der Waals surface area contributed by atoms with Crippen molar-refractivity contribution in [2.75, 3.05) is 7.11 Å². The molecule has 0 saturated carbocycles. The second-order valence-electron chi connectivity index (χ2n) is 3.72. The maximum absolute atomic E-state index is 12.2. The molecule has 1 rings (SSSR count). The zero-order valence-corrected chi connectivity index (χ0v) is 11.5. The fraction of sp³-hybridized carbons (Fsp3) is 0.462. The predicted molar refractivity (Wildman–Crippen MR) is 69.1 cm³/mol. The molecular formula is C13H17BrO2. The summed E-state index contributed by atoms with van der Waals surface area (Å²) < 4.78 is 6.12. The van der Waals surface area contributed by atoms with Crippen molar-refractivity contribution < 1.29 is 9.53 Å². The topological polar surface area (TPSA) is 26.3 Å². The summed E-state index contributed by atoms with van der Waals surface area (Å²) in [6.07, 6.45) is 1.73. The standard InChI is InChI=1S/C13H17BrO2/c1-4-9(5-2)13(15)11-8-10(14)6-7-12(11)16-3/h6-9H,4-5H2,1-3H3. The predicted octanol–water partition coefficient (Wildman–Crippen LogP) is 4.08. The molecule has 0 amide bonds. The van der Waals surface area contributed by atoms with Gasteiger partial charge in [-0.05, 0) is 31.0 Å². The number of hydrogen-bond donors (Lipinski definition) is 0. The molecule has 0 spiro atoms. The van der Waals surface area contributed by atoms with Crippen molar-refractivity contribution in [1.82, 2.24) is 0 Å². The van der Waals surface area contributed by atoms with E-state index in [1.165, 1.54) is 0 Å². The zero-order valence-electron chi connectivity index (χ0n) is 9.92. The van der Waals surface area contributed by atoms with Gasteiger partial charge in [0.15, 0.2) is 5.78 Å². The van der Waals surface area contributed by atoms with E-state index in [9.17, 15) is 4.79 Å². The van der Waals surface area contributed by atoms with Crippen LogP contribution < -0.4 is 4.74 Å². The Morgan fingerprint density at radius 1 is 1.38 bits per heavy atom. The fourth-order valence-electron chi connectivity index (χ4n) is 1.75. The van der Waals surface area contributed by atoms with E-state index in [4.69, 9.17) is 4.74 Å². The Hall–Kier alpha value is -0.830. The largest absolute Gasteiger partial charge is 0.496 e. The number of methoxy groups -OCH3 is 1. The maximum atomic E-state index is 12.2. The Bertz CT molecular complexity index is 370. The quantitative estimate of drug-likeness (QED) is 0.762. The Morgan fingerprint density at radius 2 is 2.00 bits per heavy atom. The second-order valence-corrected chi connectivity index (χ2v) is 4.64. The van der Waals surface area contributed by atoms with Crippen molar-refractivity contribution in [2.45, 2.75) is 26.7 Å². The number of halogens is 1. The molecule has 0 bridgehead atoms. The number of hydrogen-bond acceptors (Lipinski definition) is 2. The molecule has 1 aromatic carbocycles. The summed E-state index contributed by atoms with van der Waals surface area (Å²) >= 11 is 3.38. The highest BCUT2D eigenvalue weighted by molar-refractivity contribution is 9.10. The van der Waals surface area contributed by atoms with Crippen LogP contribution in [0.4, 0.5) is 0 Å². The van der Waals surface area contributed by atoms with Gasteiger partial charge in [0, 0.05) is 10.4 Å². The summed E-state index contributed by atoms with van der Waals surface area (Å²) in [5.74, 6) is 0.909. The van der Waals surface area contributed by atoms with Crippen LogP contribution in [0.2, 0.25) is 0 Å². The van der Waals surface area contributed by atoms with Crippen LogP contribution in [0.15, 0.2) is 22.7 Å². The van der Waals surface area contributed by atoms with Crippen molar-refractivity contribution >= 4 is 21.7 Å². The van der Waals surface area contributed by atoms with Gasteiger partial charge in [-0.1, -0.05) is 29.8 Å². The molecule has 0 fully saturated rings. The van der Waals surface area contributed by atoms with Gasteiger partial charge >= 0.3 is 0 Å². The van der Waals surface area contributed by atoms with Crippen LogP contribution in [0.25, 0.3) is 0 Å². The normalized spacial score (nSPS) is 10.6. The van der Waals surface area contributed by atoms with Crippen LogP contribution in [0.5, 0.6) is 5.75 Å². The van der Waals surface area contributed by atoms with E-state index in [0.717, 1.165) is 17.3 Å². The van der Waals surface area contributed by atoms with Gasteiger partial charge in [0.25, 0.3) is 0 Å². The first kappa shape index (κ1) is 13.2. The van der Waals surface area contributed by atoms with E-state index in [-0.39, 0.29) is 11.7 Å². The first-order valence-corrected chi connectivity index (χ1v) is 6.31. The van der Waals surface area contributed by atoms with E-state index in [2.05, 4.69) is 15.9 Å². The maximum Gasteiger partial charge on any atom is 0.169 e. The molecule has 2 nitrogen and oxygen atoms in total. The summed E-state index contributed by atoms with van der Waals surface area (Å²) in [6, 6.07) is 5.53. The van der Waals surface area contributed by atoms with Crippen molar-refractivity contribution in [3.05, 3.63) is 28.2 Å². The molecule has 88 valence electrons. The lowest BCUT2D eigenvalue weighted by molar-refractivity contribution is 0.0910. The van der Waals surface area contributed by atoms with Gasteiger partial charge in [-0.3, -0.25) is 4.79 Å². The molecule has 0 aliphatic rings. The molecule has 0 saturated heterocycles. The summed E-state index contributed by atoms with van der Waals surface area (Å²) in [6.45, 7) is 4.08. The lowest BCUT2D eigenvalue weighted by Crippen LogP contribution is -2.14. The summed E-state index contributed by atoms with van der Waals surface area (Å²) in [5, 5.41) is 0. The number of carbonyl (C=O) groups is 1. The smallest absolute Gasteiger partial charge is 0.169 e. The number of rotatable bonds is 5. The molecule has 0 atom stereocenters. The minimum absolute atomic E-state index is 0.0863. The second kappa shape index (κ2) is 6.04. The molecule has 0 radical (unpaired) electrons. The van der Waals surface area contributed by atoms with E-state index in [0.29, 0.717) is 11.3 Å². The van der Waals surface area contributed by atoms with Crippen LogP contribution in [0.3, 0.4) is 0 Å². The average molecular weight is 285 g/mol. The summed E-state index contributed by atoms with van der Waals surface area (Å²) in [4.78, 5) is 12.2. The van der Waals surface area contributed by atoms with Crippen molar-refractivity contribution in [3.8, 4) is 5.75 Å². The number of ketones is 1. The molecule has 0 aliphatic carbocycles. The third kappa shape index (κ3) is 2.85. The van der Waals surface area contributed by atoms with Crippen LogP contribution >= 0.6 is 15.9 Å². The molecule has 0 unspecified atom stereocenters. The Kier molecular flexibility index (Phi) is 5.00. The number of carbonyl (C=O) groups excluding carboxylic acids is 1. The highest BCUT2D eigenvalue weighted by atomic mass is 79.9. The summed E-state index contributed by atoms with van der Waals surface area (Å²) in [7, 11) is 1.59. The van der Waals surface area contributed by atoms with E-state index in [1.54, 1.807) is 7.11 Å². The van der Waals surface area contributed by atoms with Gasteiger partial charge in [0.1, 0.15) is 5.75 Å². The van der Waals surface area contributed by atoms with Crippen molar-refractivity contribution in [2.24, 2.45) is 5.92 Å². The fourth-order valence-corrected chi connectivity index (χ4v) is 2.11. The van der Waals surface area contributed by atoms with Gasteiger partial charge in [0.05, 0.1) is 12.7 Å². The van der Waals surface area contributed by atoms with Crippen LogP contribution in [-0.2, 0) is 0 Å². The molecule has 0 aliphatic heterocycles. The number of Topliss-reactive ketones (excluding diaryl/α,β-unsaturated/α-hetero) is 1. The first-order chi connectivity index (χ1) is 7.63. The monoisotopic (exact) mass is 284 g/mol. The van der Waals surface area contributed by atoms with Crippen LogP contribution in [0.1, 0.15) is 37.0 Å². The average Bonchev–Trinajstić information content (AvgIpc) is 2.30. The molecule has 0 heterocycles. The van der Waals surface area contributed by atoms with Crippen LogP contribution in [-0.4, -0.2) is 12.9 Å². The molecule has 0 N–H and O–H groups in total. The number of ether oxygens (including phenoxy) is 1. The van der Waals surface area contributed by atoms with Gasteiger partial charge in [-0.15, -0.1) is 0 Å². The highest BCUT2D eigenvalue weighted by Gasteiger charge is 2.20. The first-order valence-electron chi connectivity index (χ1n) is 5.51. The Labute approximate surface area is 105 Å². The van der Waals surface area contributed by atoms with Gasteiger partial charge in [-0.2, -0.15) is 0 Å². The van der Waals surface area contributed by atoms with E-state index < -0.39 is 0 Å². The van der Waals surface area contributed by atoms with Crippen molar-refractivity contribution in [3.63, 3.8) is 0 Å². The van der Waals surface area contributed by atoms with Gasteiger partial charge < -0.3 is 4.74 Å². The minimum atomic E-state index is 0.0863. The van der Waals surface area contributed by atoms with Gasteiger partial charge in [0.2, 0.25) is 0 Å². The zero-order chi connectivity index (χ0) is 12.1. The van der Waals surface area contributed by atoms with E-state index >= 15 is 0 Å². The van der Waals surface area contributed by atoms with Gasteiger partial charge in [-0.25, -0.2) is 0 Å². The van der Waals surface area contributed by atoms with Crippen LogP contribution in [0, 0.1) is 5.92 Å². The minimum Gasteiger partial charge on any atom is -0.496 e. The lowest BCUT2D eigenvalue weighted by atomic mass is 9.92. The van der Waals surface area contributed by atoms with E-state index in [1.807, 2.05) is 32.0 Å². The third-order valence-corrected chi connectivity index (χ3v) is 3.28. The lowest BCUT2D eigenvalue weighted by Gasteiger charge is -2.14. The SMILES string of the molecule is CCC(CC)C(=O)c1cc(Br)ccc1OC. The third-order valence-electron chi connectivity index (χ3n) is 2.78. The molecule has 16 heavy (non-hydrogen) atoms. The molecular weight excluding hydrogens is 268 g/mol. The number of benzene rings is 1. The molecule has 0 aromatic heterocycles. The molecule has 1 aromatic rings. The van der Waals surface area contributed by atoms with Crippen molar-refractivity contribution in [1.29, 1.82) is 0 Å². The molecule has 3 heteroatoms. The summed E-state index contributed by atoms with van der Waals surface area (Å²) in [5.41, 5.74) is 0.672. The Morgan fingerprint density at radius 3 is 2.50 bits per heavy atom.